The summed E-state index contributed by atoms with van der Waals surface area (Å²) >= 11 is 0. The van der Waals surface area contributed by atoms with E-state index in [-0.39, 0.29) is 29.8 Å². The lowest BCUT2D eigenvalue weighted by molar-refractivity contribution is -0.142. The van der Waals surface area contributed by atoms with Crippen LogP contribution >= 0.6 is 0 Å². The van der Waals surface area contributed by atoms with E-state index in [1.54, 1.807) is 11.9 Å². The van der Waals surface area contributed by atoms with Crippen molar-refractivity contribution in [2.75, 3.05) is 46.8 Å². The molecule has 1 aromatic carbocycles. The summed E-state index contributed by atoms with van der Waals surface area (Å²) in [6, 6.07) is 9.58. The second-order valence-electron chi connectivity index (χ2n) is 8.86. The van der Waals surface area contributed by atoms with Gasteiger partial charge in [0.2, 0.25) is 11.8 Å². The smallest absolute Gasteiger partial charge is 0.254 e. The Morgan fingerprint density at radius 3 is 2.50 bits per heavy atom. The van der Waals surface area contributed by atoms with Gasteiger partial charge >= 0.3 is 0 Å². The highest BCUT2D eigenvalue weighted by Gasteiger charge is 2.29. The summed E-state index contributed by atoms with van der Waals surface area (Å²) in [5, 5.41) is 0. The third-order valence-electron chi connectivity index (χ3n) is 6.57. The quantitative estimate of drug-likeness (QED) is 0.726. The molecule has 170 valence electrons. The van der Waals surface area contributed by atoms with Gasteiger partial charge in [-0.25, -0.2) is 4.98 Å². The van der Waals surface area contributed by atoms with E-state index in [1.165, 1.54) is 0 Å². The van der Waals surface area contributed by atoms with Crippen LogP contribution in [-0.4, -0.2) is 83.3 Å². The molecule has 0 spiro atoms. The summed E-state index contributed by atoms with van der Waals surface area (Å²) < 4.78 is 0. The number of aryl methyl sites for hydroxylation is 1. The van der Waals surface area contributed by atoms with Crippen LogP contribution in [0.5, 0.6) is 0 Å². The van der Waals surface area contributed by atoms with E-state index in [4.69, 9.17) is 4.98 Å². The Bertz CT molecular complexity index is 1030. The first-order valence-electron chi connectivity index (χ1n) is 11.3. The van der Waals surface area contributed by atoms with E-state index in [9.17, 15) is 14.4 Å². The predicted octanol–water partition coefficient (Wildman–Crippen LogP) is 1.16. The highest BCUT2D eigenvalue weighted by atomic mass is 16.2. The number of carbonyl (C=O) groups excluding carboxylic acids is 2. The molecule has 0 saturated carbocycles. The summed E-state index contributed by atoms with van der Waals surface area (Å²) in [5.74, 6) is 0.319. The Morgan fingerprint density at radius 1 is 1.09 bits per heavy atom. The van der Waals surface area contributed by atoms with Crippen molar-refractivity contribution in [2.24, 2.45) is 5.92 Å². The van der Waals surface area contributed by atoms with Crippen molar-refractivity contribution in [3.8, 4) is 11.4 Å². The predicted molar refractivity (Wildman–Crippen MR) is 122 cm³/mol. The van der Waals surface area contributed by atoms with E-state index in [0.717, 1.165) is 24.3 Å². The number of nitrogens with zero attached hydrogens (tertiary/aromatic N) is 4. The zero-order valence-corrected chi connectivity index (χ0v) is 18.8. The molecule has 8 heteroatoms. The molecule has 2 aromatic rings. The SMILES string of the molecule is CN1CCN(C(=O)CN(C)C(=O)C2CCc3nc(-c4ccccc4)[nH]c(=O)c3CC2)CC1. The number of likely N-dealkylation sites (N-methyl/N-ethyl adjacent to an activating group) is 2. The van der Waals surface area contributed by atoms with Crippen molar-refractivity contribution in [3.63, 3.8) is 0 Å². The van der Waals surface area contributed by atoms with E-state index < -0.39 is 0 Å². The Labute approximate surface area is 188 Å². The van der Waals surface area contributed by atoms with Gasteiger partial charge in [-0.3, -0.25) is 14.4 Å². The number of fused-ring (bicyclic) bond motifs is 1. The molecule has 32 heavy (non-hydrogen) atoms. The van der Waals surface area contributed by atoms with Crippen LogP contribution in [0.4, 0.5) is 0 Å². The minimum Gasteiger partial charge on any atom is -0.339 e. The molecular formula is C24H31N5O3. The maximum Gasteiger partial charge on any atom is 0.254 e. The van der Waals surface area contributed by atoms with Crippen LogP contribution < -0.4 is 5.56 Å². The highest BCUT2D eigenvalue weighted by molar-refractivity contribution is 5.86. The van der Waals surface area contributed by atoms with Crippen molar-refractivity contribution >= 4 is 11.8 Å². The molecule has 1 aromatic heterocycles. The first-order valence-corrected chi connectivity index (χ1v) is 11.3. The maximum atomic E-state index is 13.1. The first kappa shape index (κ1) is 22.2. The summed E-state index contributed by atoms with van der Waals surface area (Å²) in [6.07, 6.45) is 2.32. The van der Waals surface area contributed by atoms with Crippen LogP contribution in [0.3, 0.4) is 0 Å². The second-order valence-corrected chi connectivity index (χ2v) is 8.86. The van der Waals surface area contributed by atoms with Crippen LogP contribution in [-0.2, 0) is 22.4 Å². The van der Waals surface area contributed by atoms with Crippen molar-refractivity contribution < 1.29 is 9.59 Å². The number of carbonyl (C=O) groups is 2. The molecule has 0 radical (unpaired) electrons. The number of aromatic nitrogens is 2. The first-order chi connectivity index (χ1) is 15.4. The minimum atomic E-state index is -0.214. The number of piperazine rings is 1. The maximum absolute atomic E-state index is 13.1. The normalized spacial score (nSPS) is 19.2. The third kappa shape index (κ3) is 4.91. The van der Waals surface area contributed by atoms with Crippen LogP contribution in [0.1, 0.15) is 24.1 Å². The number of rotatable bonds is 4. The number of nitrogens with one attached hydrogen (secondary N) is 1. The van der Waals surface area contributed by atoms with Gasteiger partial charge in [0.15, 0.2) is 0 Å². The van der Waals surface area contributed by atoms with Crippen LogP contribution in [0.2, 0.25) is 0 Å². The van der Waals surface area contributed by atoms with Gasteiger partial charge in [0.05, 0.1) is 12.2 Å². The highest BCUT2D eigenvalue weighted by Crippen LogP contribution is 2.24. The molecule has 1 aliphatic heterocycles. The van der Waals surface area contributed by atoms with Gasteiger partial charge in [0.25, 0.3) is 5.56 Å². The van der Waals surface area contributed by atoms with Crippen molar-refractivity contribution in [1.29, 1.82) is 0 Å². The fourth-order valence-electron chi connectivity index (χ4n) is 4.51. The Hall–Kier alpha value is -3.00. The number of hydrogen-bond acceptors (Lipinski definition) is 5. The largest absolute Gasteiger partial charge is 0.339 e. The van der Waals surface area contributed by atoms with Gasteiger partial charge in [0.1, 0.15) is 5.82 Å². The monoisotopic (exact) mass is 437 g/mol. The number of amides is 2. The molecule has 1 fully saturated rings. The fraction of sp³-hybridized carbons (Fsp3) is 0.500. The number of aromatic amines is 1. The second kappa shape index (κ2) is 9.65. The van der Waals surface area contributed by atoms with Gasteiger partial charge in [-0.2, -0.15) is 0 Å². The zero-order chi connectivity index (χ0) is 22.7. The molecule has 1 unspecified atom stereocenters. The number of hydrogen-bond donors (Lipinski definition) is 1. The van der Waals surface area contributed by atoms with Gasteiger partial charge in [0, 0.05) is 50.3 Å². The lowest BCUT2D eigenvalue weighted by Crippen LogP contribution is -2.50. The molecule has 2 aliphatic rings. The Kier molecular flexibility index (Phi) is 6.69. The molecule has 4 rings (SSSR count). The lowest BCUT2D eigenvalue weighted by Gasteiger charge is -2.33. The van der Waals surface area contributed by atoms with Gasteiger partial charge in [-0.05, 0) is 32.7 Å². The van der Waals surface area contributed by atoms with Gasteiger partial charge in [-0.1, -0.05) is 30.3 Å². The van der Waals surface area contributed by atoms with Crippen molar-refractivity contribution in [1.82, 2.24) is 24.7 Å². The molecule has 1 saturated heterocycles. The van der Waals surface area contributed by atoms with Gasteiger partial charge < -0.3 is 19.7 Å². The fourth-order valence-corrected chi connectivity index (χ4v) is 4.51. The Morgan fingerprint density at radius 2 is 1.78 bits per heavy atom. The molecular weight excluding hydrogens is 406 g/mol. The Balaban J connectivity index is 1.40. The molecule has 2 heterocycles. The van der Waals surface area contributed by atoms with E-state index in [2.05, 4.69) is 9.88 Å². The van der Waals surface area contributed by atoms with Crippen LogP contribution in [0.25, 0.3) is 11.4 Å². The van der Waals surface area contributed by atoms with E-state index >= 15 is 0 Å². The summed E-state index contributed by atoms with van der Waals surface area (Å²) in [5.41, 5.74) is 2.20. The van der Waals surface area contributed by atoms with Gasteiger partial charge in [-0.15, -0.1) is 0 Å². The topological polar surface area (TPSA) is 89.6 Å². The molecule has 1 N–H and O–H groups in total. The number of H-pyrrole nitrogens is 1. The van der Waals surface area contributed by atoms with Crippen molar-refractivity contribution in [3.05, 3.63) is 51.9 Å². The summed E-state index contributed by atoms with van der Waals surface area (Å²) in [7, 11) is 3.75. The molecule has 0 bridgehead atoms. The molecule has 1 aliphatic carbocycles. The minimum absolute atomic E-state index is 0.00327. The van der Waals surface area contributed by atoms with Crippen molar-refractivity contribution in [2.45, 2.75) is 25.7 Å². The standard InChI is InChI=1S/C24H31N5O3/c1-27-12-14-29(15-13-27)21(30)16-28(2)24(32)18-8-10-19-20(11-9-18)25-22(26-23(19)31)17-6-4-3-5-7-17/h3-7,18H,8-16H2,1-2H3,(H,25,26,31). The third-order valence-corrected chi connectivity index (χ3v) is 6.57. The van der Waals surface area contributed by atoms with E-state index in [1.807, 2.05) is 42.3 Å². The van der Waals surface area contributed by atoms with Crippen LogP contribution in [0.15, 0.2) is 35.1 Å². The molecule has 2 amide bonds. The average molecular weight is 438 g/mol. The van der Waals surface area contributed by atoms with Crippen LogP contribution in [0, 0.1) is 5.92 Å². The average Bonchev–Trinajstić information content (AvgIpc) is 3.02. The molecule has 8 nitrogen and oxygen atoms in total. The molecule has 1 atom stereocenters. The lowest BCUT2D eigenvalue weighted by atomic mass is 9.98. The summed E-state index contributed by atoms with van der Waals surface area (Å²) in [4.78, 5) is 51.6. The number of benzene rings is 1. The zero-order valence-electron chi connectivity index (χ0n) is 18.8. The summed E-state index contributed by atoms with van der Waals surface area (Å²) in [6.45, 7) is 3.22. The van der Waals surface area contributed by atoms with E-state index in [0.29, 0.717) is 50.2 Å².